The van der Waals surface area contributed by atoms with Crippen molar-refractivity contribution in [1.29, 1.82) is 0 Å². The molecule has 1 saturated carbocycles. The molecule has 2 aliphatic carbocycles. The molecule has 0 heterocycles. The van der Waals surface area contributed by atoms with Gasteiger partial charge in [-0.05, 0) is 56.9 Å². The Hall–Kier alpha value is -0.780. The van der Waals surface area contributed by atoms with Gasteiger partial charge in [-0.25, -0.2) is 0 Å². The summed E-state index contributed by atoms with van der Waals surface area (Å²) in [5, 5.41) is 0. The van der Waals surface area contributed by atoms with Gasteiger partial charge in [-0.15, -0.1) is 0 Å². The van der Waals surface area contributed by atoms with Crippen LogP contribution in [0.4, 0.5) is 0 Å². The molecule has 0 radical (unpaired) electrons. The first-order valence-corrected chi connectivity index (χ1v) is 8.83. The number of unbranched alkanes of at least 4 members (excludes halogenated alkanes) is 1. The fraction of sp³-hybridized carbons (Fsp3) is 0.700. The van der Waals surface area contributed by atoms with Gasteiger partial charge in [0.2, 0.25) is 0 Å². The van der Waals surface area contributed by atoms with E-state index in [9.17, 15) is 0 Å². The van der Waals surface area contributed by atoms with Gasteiger partial charge in [0.1, 0.15) is 0 Å². The Morgan fingerprint density at radius 1 is 1.25 bits per heavy atom. The maximum atomic E-state index is 2.51. The molecular weight excluding hydrogens is 240 g/mol. The summed E-state index contributed by atoms with van der Waals surface area (Å²) in [5.41, 5.74) is 4.83. The third-order valence-electron chi connectivity index (χ3n) is 5.05. The summed E-state index contributed by atoms with van der Waals surface area (Å²) in [6, 6.07) is 0. The molecule has 0 spiro atoms. The second-order valence-corrected chi connectivity index (χ2v) is 6.70. The van der Waals surface area contributed by atoms with Gasteiger partial charge in [0.05, 0.1) is 0 Å². The SMILES string of the molecule is CCCC=C(CCC1CCCC1)C(C)=CCC1=CCC1. The Labute approximate surface area is 126 Å². The lowest BCUT2D eigenvalue weighted by Gasteiger charge is -2.15. The number of allylic oxidation sites excluding steroid dienone is 6. The maximum absolute atomic E-state index is 2.51. The summed E-state index contributed by atoms with van der Waals surface area (Å²) in [7, 11) is 0. The van der Waals surface area contributed by atoms with Gasteiger partial charge in [-0.2, -0.15) is 0 Å². The average molecular weight is 272 g/mol. The highest BCUT2D eigenvalue weighted by Crippen LogP contribution is 2.31. The highest BCUT2D eigenvalue weighted by molar-refractivity contribution is 5.31. The van der Waals surface area contributed by atoms with Crippen LogP contribution in [0.5, 0.6) is 0 Å². The Bertz CT molecular complexity index is 375. The Kier molecular flexibility index (Phi) is 6.63. The minimum absolute atomic E-state index is 1.02. The standard InChI is InChI=1S/C20H32/c1-3-4-12-20(16-15-18-8-5-6-9-18)17(2)13-14-19-10-7-11-19/h10,12-13,18H,3-9,11,14-16H2,1-2H3. The molecule has 0 nitrogen and oxygen atoms in total. The molecule has 0 saturated heterocycles. The van der Waals surface area contributed by atoms with E-state index < -0.39 is 0 Å². The lowest BCUT2D eigenvalue weighted by Crippen LogP contribution is -1.97. The van der Waals surface area contributed by atoms with Crippen LogP contribution in [-0.4, -0.2) is 0 Å². The van der Waals surface area contributed by atoms with Crippen molar-refractivity contribution in [1.82, 2.24) is 0 Å². The molecule has 0 bridgehead atoms. The molecular formula is C20H32. The zero-order valence-corrected chi connectivity index (χ0v) is 13.6. The van der Waals surface area contributed by atoms with Gasteiger partial charge in [0.25, 0.3) is 0 Å². The van der Waals surface area contributed by atoms with Gasteiger partial charge in [0, 0.05) is 0 Å². The van der Waals surface area contributed by atoms with Crippen LogP contribution in [0.2, 0.25) is 0 Å². The third kappa shape index (κ3) is 4.96. The van der Waals surface area contributed by atoms with Crippen molar-refractivity contribution < 1.29 is 0 Å². The molecule has 0 aromatic carbocycles. The predicted molar refractivity (Wildman–Crippen MR) is 89.9 cm³/mol. The van der Waals surface area contributed by atoms with Crippen LogP contribution in [0.25, 0.3) is 0 Å². The molecule has 0 N–H and O–H groups in total. The van der Waals surface area contributed by atoms with Gasteiger partial charge < -0.3 is 0 Å². The molecule has 0 aromatic heterocycles. The summed E-state index contributed by atoms with van der Waals surface area (Å²) < 4.78 is 0. The number of hydrogen-bond acceptors (Lipinski definition) is 0. The van der Waals surface area contributed by atoms with Crippen molar-refractivity contribution in [3.63, 3.8) is 0 Å². The van der Waals surface area contributed by atoms with E-state index in [1.165, 1.54) is 70.6 Å². The van der Waals surface area contributed by atoms with Gasteiger partial charge in [0.15, 0.2) is 0 Å². The van der Waals surface area contributed by atoms with Crippen LogP contribution >= 0.6 is 0 Å². The summed E-state index contributed by atoms with van der Waals surface area (Å²) in [6.07, 6.45) is 22.4. The molecule has 2 aliphatic rings. The number of rotatable bonds is 8. The second-order valence-electron chi connectivity index (χ2n) is 6.70. The molecule has 0 atom stereocenters. The van der Waals surface area contributed by atoms with E-state index in [0.717, 1.165) is 5.92 Å². The quantitative estimate of drug-likeness (QED) is 0.339. The molecule has 20 heavy (non-hydrogen) atoms. The van der Waals surface area contributed by atoms with Crippen LogP contribution in [0.1, 0.15) is 84.5 Å². The van der Waals surface area contributed by atoms with Gasteiger partial charge in [-0.1, -0.05) is 68.4 Å². The lowest BCUT2D eigenvalue weighted by atomic mass is 9.91. The molecule has 2 rings (SSSR count). The maximum Gasteiger partial charge on any atom is -0.0133 e. The summed E-state index contributed by atoms with van der Waals surface area (Å²) in [6.45, 7) is 4.61. The fourth-order valence-corrected chi connectivity index (χ4v) is 3.39. The Morgan fingerprint density at radius 2 is 2.00 bits per heavy atom. The zero-order chi connectivity index (χ0) is 14.2. The van der Waals surface area contributed by atoms with Crippen molar-refractivity contribution >= 4 is 0 Å². The van der Waals surface area contributed by atoms with E-state index in [0.29, 0.717) is 0 Å². The largest absolute Gasteiger partial charge is 0.0847 e. The van der Waals surface area contributed by atoms with E-state index in [4.69, 9.17) is 0 Å². The molecule has 112 valence electrons. The molecule has 0 amide bonds. The topological polar surface area (TPSA) is 0 Å². The molecule has 0 unspecified atom stereocenters. The zero-order valence-electron chi connectivity index (χ0n) is 13.6. The molecule has 0 aliphatic heterocycles. The van der Waals surface area contributed by atoms with Crippen LogP contribution < -0.4 is 0 Å². The molecule has 0 heteroatoms. The van der Waals surface area contributed by atoms with Crippen LogP contribution in [-0.2, 0) is 0 Å². The van der Waals surface area contributed by atoms with E-state index in [1.807, 2.05) is 0 Å². The summed E-state index contributed by atoms with van der Waals surface area (Å²) in [5.74, 6) is 1.02. The van der Waals surface area contributed by atoms with Crippen molar-refractivity contribution in [2.24, 2.45) is 5.92 Å². The second kappa shape index (κ2) is 8.49. The highest BCUT2D eigenvalue weighted by Gasteiger charge is 2.15. The first-order valence-electron chi connectivity index (χ1n) is 8.83. The van der Waals surface area contributed by atoms with E-state index in [-0.39, 0.29) is 0 Å². The lowest BCUT2D eigenvalue weighted by molar-refractivity contribution is 0.503. The third-order valence-corrected chi connectivity index (χ3v) is 5.05. The predicted octanol–water partition coefficient (Wildman–Crippen LogP) is 6.74. The summed E-state index contributed by atoms with van der Waals surface area (Å²) in [4.78, 5) is 0. The minimum Gasteiger partial charge on any atom is -0.0847 e. The number of hydrogen-bond donors (Lipinski definition) is 0. The Balaban J connectivity index is 1.87. The molecule has 0 aromatic rings. The van der Waals surface area contributed by atoms with E-state index in [2.05, 4.69) is 32.1 Å². The first kappa shape index (κ1) is 15.6. The minimum atomic E-state index is 1.02. The van der Waals surface area contributed by atoms with Crippen LogP contribution in [0.3, 0.4) is 0 Å². The van der Waals surface area contributed by atoms with Crippen molar-refractivity contribution in [3.05, 3.63) is 34.9 Å². The van der Waals surface area contributed by atoms with Crippen molar-refractivity contribution in [2.75, 3.05) is 0 Å². The van der Waals surface area contributed by atoms with Crippen molar-refractivity contribution in [3.8, 4) is 0 Å². The highest BCUT2D eigenvalue weighted by atomic mass is 14.2. The van der Waals surface area contributed by atoms with Gasteiger partial charge >= 0.3 is 0 Å². The van der Waals surface area contributed by atoms with E-state index in [1.54, 1.807) is 16.7 Å². The van der Waals surface area contributed by atoms with Crippen LogP contribution in [0, 0.1) is 5.92 Å². The normalized spacial score (nSPS) is 21.0. The first-order chi connectivity index (χ1) is 9.79. The van der Waals surface area contributed by atoms with E-state index >= 15 is 0 Å². The smallest absolute Gasteiger partial charge is 0.0133 e. The molecule has 1 fully saturated rings. The average Bonchev–Trinajstić information content (AvgIpc) is 2.90. The van der Waals surface area contributed by atoms with Crippen LogP contribution in [0.15, 0.2) is 34.9 Å². The Morgan fingerprint density at radius 3 is 2.60 bits per heavy atom. The van der Waals surface area contributed by atoms with Crippen molar-refractivity contribution in [2.45, 2.75) is 84.5 Å². The monoisotopic (exact) mass is 272 g/mol. The van der Waals surface area contributed by atoms with Gasteiger partial charge in [-0.3, -0.25) is 0 Å². The summed E-state index contributed by atoms with van der Waals surface area (Å²) >= 11 is 0. The fourth-order valence-electron chi connectivity index (χ4n) is 3.39.